The lowest BCUT2D eigenvalue weighted by molar-refractivity contribution is 0.0951. The van der Waals surface area contributed by atoms with E-state index < -0.39 is 0 Å². The summed E-state index contributed by atoms with van der Waals surface area (Å²) < 4.78 is 5.68. The Labute approximate surface area is 90.0 Å². The first-order valence-electron chi connectivity index (χ1n) is 5.11. The van der Waals surface area contributed by atoms with Gasteiger partial charge in [0, 0.05) is 18.4 Å². The Balaban J connectivity index is 1.97. The molecule has 1 fully saturated rings. The van der Waals surface area contributed by atoms with Crippen molar-refractivity contribution >= 4 is 11.6 Å². The lowest BCUT2D eigenvalue weighted by Gasteiger charge is -2.15. The second-order valence-corrected chi connectivity index (χ2v) is 4.11. The van der Waals surface area contributed by atoms with E-state index in [2.05, 4.69) is 24.3 Å². The normalized spacial score (nSPS) is 26.6. The minimum Gasteiger partial charge on any atom is -0.378 e. The first-order chi connectivity index (χ1) is 6.90. The van der Waals surface area contributed by atoms with Gasteiger partial charge in [0.1, 0.15) is 0 Å². The number of rotatable bonds is 3. The number of benzene rings is 1. The molecule has 2 unspecified atom stereocenters. The average Bonchev–Trinajstić information content (AvgIpc) is 2.67. The van der Waals surface area contributed by atoms with Crippen molar-refractivity contribution in [3.63, 3.8) is 0 Å². The van der Waals surface area contributed by atoms with Crippen LogP contribution >= 0.6 is 11.6 Å². The highest BCUT2D eigenvalue weighted by Crippen LogP contribution is 2.25. The van der Waals surface area contributed by atoms with Crippen molar-refractivity contribution < 1.29 is 4.74 Å². The summed E-state index contributed by atoms with van der Waals surface area (Å²) in [4.78, 5) is 0. The molecule has 1 aromatic rings. The zero-order valence-electron chi connectivity index (χ0n) is 8.16. The molecule has 2 atom stereocenters. The van der Waals surface area contributed by atoms with Crippen LogP contribution in [0.3, 0.4) is 0 Å². The number of alkyl halides is 1. The quantitative estimate of drug-likeness (QED) is 0.698. The highest BCUT2D eigenvalue weighted by Gasteiger charge is 2.27. The maximum atomic E-state index is 5.89. The van der Waals surface area contributed by atoms with Gasteiger partial charge in [-0.05, 0) is 18.4 Å². The van der Waals surface area contributed by atoms with Crippen LogP contribution < -0.4 is 0 Å². The Morgan fingerprint density at radius 1 is 1.29 bits per heavy atom. The van der Waals surface area contributed by atoms with E-state index in [1.165, 1.54) is 5.56 Å². The highest BCUT2D eigenvalue weighted by atomic mass is 35.5. The topological polar surface area (TPSA) is 9.23 Å². The number of halogens is 1. The van der Waals surface area contributed by atoms with E-state index in [-0.39, 0.29) is 0 Å². The van der Waals surface area contributed by atoms with E-state index in [1.54, 1.807) is 0 Å². The van der Waals surface area contributed by atoms with Gasteiger partial charge in [0.15, 0.2) is 0 Å². The van der Waals surface area contributed by atoms with Crippen LogP contribution in [0.4, 0.5) is 0 Å². The summed E-state index contributed by atoms with van der Waals surface area (Å²) in [6.07, 6.45) is 2.44. The third-order valence-corrected chi connectivity index (χ3v) is 3.22. The molecule has 1 aromatic carbocycles. The largest absolute Gasteiger partial charge is 0.378 e. The Morgan fingerprint density at radius 3 is 2.79 bits per heavy atom. The lowest BCUT2D eigenvalue weighted by Crippen LogP contribution is -2.19. The molecule has 2 rings (SSSR count). The van der Waals surface area contributed by atoms with E-state index >= 15 is 0 Å². The Hall–Kier alpha value is -0.530. The molecule has 1 heterocycles. The standard InChI is InChI=1S/C12H15ClO/c13-9-11-6-7-14-12(11)8-10-4-2-1-3-5-10/h1-5,11-12H,6-9H2. The van der Waals surface area contributed by atoms with Gasteiger partial charge < -0.3 is 4.74 Å². The van der Waals surface area contributed by atoms with Gasteiger partial charge in [-0.25, -0.2) is 0 Å². The second-order valence-electron chi connectivity index (χ2n) is 3.80. The Morgan fingerprint density at radius 2 is 2.07 bits per heavy atom. The van der Waals surface area contributed by atoms with Gasteiger partial charge in [-0.1, -0.05) is 30.3 Å². The van der Waals surface area contributed by atoms with Crippen molar-refractivity contribution in [3.05, 3.63) is 35.9 Å². The minimum atomic E-state index is 0.329. The summed E-state index contributed by atoms with van der Waals surface area (Å²) in [7, 11) is 0. The summed E-state index contributed by atoms with van der Waals surface area (Å²) in [5.41, 5.74) is 1.34. The van der Waals surface area contributed by atoms with Crippen molar-refractivity contribution in [3.8, 4) is 0 Å². The van der Waals surface area contributed by atoms with Gasteiger partial charge in [-0.15, -0.1) is 11.6 Å². The van der Waals surface area contributed by atoms with E-state index in [0.29, 0.717) is 12.0 Å². The van der Waals surface area contributed by atoms with Crippen LogP contribution in [0, 0.1) is 5.92 Å². The smallest absolute Gasteiger partial charge is 0.0655 e. The first-order valence-corrected chi connectivity index (χ1v) is 5.65. The Kier molecular flexibility index (Phi) is 3.44. The van der Waals surface area contributed by atoms with E-state index in [1.807, 2.05) is 6.07 Å². The molecule has 0 radical (unpaired) electrons. The SMILES string of the molecule is ClCC1CCOC1Cc1ccccc1. The fourth-order valence-electron chi connectivity index (χ4n) is 1.94. The zero-order valence-corrected chi connectivity index (χ0v) is 8.91. The van der Waals surface area contributed by atoms with Gasteiger partial charge in [-0.2, -0.15) is 0 Å². The van der Waals surface area contributed by atoms with E-state index in [4.69, 9.17) is 16.3 Å². The highest BCUT2D eigenvalue weighted by molar-refractivity contribution is 6.18. The minimum absolute atomic E-state index is 0.329. The Bertz CT molecular complexity index is 273. The van der Waals surface area contributed by atoms with Crippen molar-refractivity contribution in [2.75, 3.05) is 12.5 Å². The molecule has 1 saturated heterocycles. The molecular weight excluding hydrogens is 196 g/mol. The molecule has 0 aliphatic carbocycles. The van der Waals surface area contributed by atoms with Crippen molar-refractivity contribution in [2.24, 2.45) is 5.92 Å². The molecule has 0 N–H and O–H groups in total. The van der Waals surface area contributed by atoms with Crippen LogP contribution in [-0.4, -0.2) is 18.6 Å². The molecule has 1 nitrogen and oxygen atoms in total. The summed E-state index contributed by atoms with van der Waals surface area (Å²) in [5.74, 6) is 1.26. The van der Waals surface area contributed by atoms with Gasteiger partial charge >= 0.3 is 0 Å². The van der Waals surface area contributed by atoms with Gasteiger partial charge in [-0.3, -0.25) is 0 Å². The molecule has 0 bridgehead atoms. The summed E-state index contributed by atoms with van der Waals surface area (Å²) in [6, 6.07) is 10.5. The summed E-state index contributed by atoms with van der Waals surface area (Å²) in [6.45, 7) is 0.870. The molecule has 0 saturated carbocycles. The number of ether oxygens (including phenoxy) is 1. The van der Waals surface area contributed by atoms with E-state index in [9.17, 15) is 0 Å². The van der Waals surface area contributed by atoms with Crippen molar-refractivity contribution in [1.82, 2.24) is 0 Å². The van der Waals surface area contributed by atoms with E-state index in [0.717, 1.165) is 25.3 Å². The monoisotopic (exact) mass is 210 g/mol. The fraction of sp³-hybridized carbons (Fsp3) is 0.500. The molecule has 2 heteroatoms. The van der Waals surface area contributed by atoms with Crippen LogP contribution in [0.1, 0.15) is 12.0 Å². The fourth-order valence-corrected chi connectivity index (χ4v) is 2.29. The number of hydrogen-bond acceptors (Lipinski definition) is 1. The second kappa shape index (κ2) is 4.81. The van der Waals surface area contributed by atoms with Gasteiger partial charge in [0.2, 0.25) is 0 Å². The third kappa shape index (κ3) is 2.28. The lowest BCUT2D eigenvalue weighted by atomic mass is 9.97. The molecule has 0 aromatic heterocycles. The first kappa shape index (κ1) is 10.0. The van der Waals surface area contributed by atoms with Crippen LogP contribution in [-0.2, 0) is 11.2 Å². The predicted molar refractivity (Wildman–Crippen MR) is 58.7 cm³/mol. The average molecular weight is 211 g/mol. The van der Waals surface area contributed by atoms with Crippen LogP contribution in [0.15, 0.2) is 30.3 Å². The summed E-state index contributed by atoms with van der Waals surface area (Å²) >= 11 is 5.89. The number of hydrogen-bond donors (Lipinski definition) is 0. The molecule has 0 amide bonds. The molecule has 1 aliphatic rings. The maximum Gasteiger partial charge on any atom is 0.0655 e. The predicted octanol–water partition coefficient (Wildman–Crippen LogP) is 2.87. The zero-order chi connectivity index (χ0) is 9.80. The van der Waals surface area contributed by atoms with Crippen molar-refractivity contribution in [2.45, 2.75) is 18.9 Å². The van der Waals surface area contributed by atoms with Crippen LogP contribution in [0.2, 0.25) is 0 Å². The maximum absolute atomic E-state index is 5.89. The third-order valence-electron chi connectivity index (χ3n) is 2.82. The van der Waals surface area contributed by atoms with Gasteiger partial charge in [0.05, 0.1) is 6.10 Å². The molecule has 0 spiro atoms. The summed E-state index contributed by atoms with van der Waals surface area (Å²) in [5, 5.41) is 0. The van der Waals surface area contributed by atoms with Crippen molar-refractivity contribution in [1.29, 1.82) is 0 Å². The molecule has 14 heavy (non-hydrogen) atoms. The van der Waals surface area contributed by atoms with Crippen LogP contribution in [0.5, 0.6) is 0 Å². The molecule has 1 aliphatic heterocycles. The van der Waals surface area contributed by atoms with Crippen LogP contribution in [0.25, 0.3) is 0 Å². The molecular formula is C12H15ClO. The molecule has 76 valence electrons. The van der Waals surface area contributed by atoms with Gasteiger partial charge in [0.25, 0.3) is 0 Å².